The molecule has 0 saturated heterocycles. The van der Waals surface area contributed by atoms with Crippen molar-refractivity contribution in [3.05, 3.63) is 43.0 Å². The second-order valence-corrected chi connectivity index (χ2v) is 2.06. The van der Waals surface area contributed by atoms with Crippen LogP contribution in [0, 0.1) is 0 Å². The zero-order valence-corrected chi connectivity index (χ0v) is 7.43. The SMILES string of the molecule is C=CC(=O)OC.Oc1ccccc1. The Bertz CT molecular complexity index is 254. The Labute approximate surface area is 77.3 Å². The summed E-state index contributed by atoms with van der Waals surface area (Å²) >= 11 is 0. The van der Waals surface area contributed by atoms with Crippen LogP contribution in [-0.2, 0) is 9.53 Å². The number of hydrogen-bond acceptors (Lipinski definition) is 3. The van der Waals surface area contributed by atoms with Gasteiger partial charge >= 0.3 is 5.97 Å². The van der Waals surface area contributed by atoms with Gasteiger partial charge in [-0.05, 0) is 12.1 Å². The first-order valence-corrected chi connectivity index (χ1v) is 3.65. The van der Waals surface area contributed by atoms with Crippen molar-refractivity contribution in [3.8, 4) is 5.75 Å². The van der Waals surface area contributed by atoms with Crippen LogP contribution in [-0.4, -0.2) is 18.2 Å². The van der Waals surface area contributed by atoms with Crippen LogP contribution < -0.4 is 0 Å². The van der Waals surface area contributed by atoms with Gasteiger partial charge in [-0.25, -0.2) is 4.79 Å². The number of esters is 1. The van der Waals surface area contributed by atoms with Crippen molar-refractivity contribution in [1.82, 2.24) is 0 Å². The van der Waals surface area contributed by atoms with Gasteiger partial charge < -0.3 is 9.84 Å². The summed E-state index contributed by atoms with van der Waals surface area (Å²) in [5.74, 6) is -0.0718. The van der Waals surface area contributed by atoms with Crippen molar-refractivity contribution in [2.24, 2.45) is 0 Å². The molecule has 0 saturated carbocycles. The Morgan fingerprint density at radius 2 is 2.00 bits per heavy atom. The zero-order valence-electron chi connectivity index (χ0n) is 7.43. The van der Waals surface area contributed by atoms with Crippen LogP contribution in [0.5, 0.6) is 5.75 Å². The van der Waals surface area contributed by atoms with Gasteiger partial charge in [-0.3, -0.25) is 0 Å². The molecule has 70 valence electrons. The van der Waals surface area contributed by atoms with Crippen molar-refractivity contribution in [1.29, 1.82) is 0 Å². The van der Waals surface area contributed by atoms with Gasteiger partial charge in [0.25, 0.3) is 0 Å². The second-order valence-electron chi connectivity index (χ2n) is 2.06. The van der Waals surface area contributed by atoms with Crippen LogP contribution >= 0.6 is 0 Å². The minimum Gasteiger partial charge on any atom is -0.508 e. The predicted molar refractivity (Wildman–Crippen MR) is 50.3 cm³/mol. The maximum absolute atomic E-state index is 9.84. The quantitative estimate of drug-likeness (QED) is 0.529. The zero-order chi connectivity index (χ0) is 10.1. The molecule has 1 aromatic carbocycles. The smallest absolute Gasteiger partial charge is 0.329 e. The summed E-state index contributed by atoms with van der Waals surface area (Å²) in [6.07, 6.45) is 1.11. The predicted octanol–water partition coefficient (Wildman–Crippen LogP) is 1.74. The molecule has 0 amide bonds. The van der Waals surface area contributed by atoms with E-state index >= 15 is 0 Å². The van der Waals surface area contributed by atoms with Crippen LogP contribution in [0.15, 0.2) is 43.0 Å². The Hall–Kier alpha value is -1.77. The van der Waals surface area contributed by atoms with Gasteiger partial charge in [-0.2, -0.15) is 0 Å². The molecule has 1 aromatic rings. The normalized spacial score (nSPS) is 7.77. The average molecular weight is 180 g/mol. The minimum absolute atomic E-state index is 0.322. The molecule has 1 rings (SSSR count). The fourth-order valence-corrected chi connectivity index (χ4v) is 0.511. The third-order valence-electron chi connectivity index (χ3n) is 1.12. The summed E-state index contributed by atoms with van der Waals surface area (Å²) in [6.45, 7) is 3.16. The highest BCUT2D eigenvalue weighted by atomic mass is 16.5. The largest absolute Gasteiger partial charge is 0.508 e. The lowest BCUT2D eigenvalue weighted by Crippen LogP contribution is -1.91. The number of carbonyl (C=O) groups is 1. The molecule has 0 unspecified atom stereocenters. The van der Waals surface area contributed by atoms with Gasteiger partial charge in [0, 0.05) is 6.08 Å². The van der Waals surface area contributed by atoms with E-state index in [4.69, 9.17) is 5.11 Å². The van der Waals surface area contributed by atoms with E-state index in [1.54, 1.807) is 24.3 Å². The maximum atomic E-state index is 9.84. The van der Waals surface area contributed by atoms with Crippen molar-refractivity contribution in [3.63, 3.8) is 0 Å². The van der Waals surface area contributed by atoms with Crippen molar-refractivity contribution < 1.29 is 14.6 Å². The second kappa shape index (κ2) is 6.91. The monoisotopic (exact) mass is 180 g/mol. The lowest BCUT2D eigenvalue weighted by atomic mass is 10.3. The number of benzene rings is 1. The van der Waals surface area contributed by atoms with E-state index in [0.29, 0.717) is 5.75 Å². The van der Waals surface area contributed by atoms with Crippen LogP contribution in [0.25, 0.3) is 0 Å². The first-order valence-electron chi connectivity index (χ1n) is 3.65. The standard InChI is InChI=1S/C6H6O.C4H6O2/c7-6-4-2-1-3-5-6;1-3-4(5)6-2/h1-5,7H;3H,1H2,2H3. The summed E-state index contributed by atoms with van der Waals surface area (Å²) in [5.41, 5.74) is 0. The van der Waals surface area contributed by atoms with Gasteiger partial charge in [-0.1, -0.05) is 24.8 Å². The number of phenols is 1. The molecular weight excluding hydrogens is 168 g/mol. The molecule has 13 heavy (non-hydrogen) atoms. The highest BCUT2D eigenvalue weighted by Gasteiger charge is 1.81. The molecule has 0 aliphatic heterocycles. The van der Waals surface area contributed by atoms with Crippen molar-refractivity contribution in [2.45, 2.75) is 0 Å². The number of phenolic OH excluding ortho intramolecular Hbond substituents is 1. The van der Waals surface area contributed by atoms with Gasteiger partial charge in [0.2, 0.25) is 0 Å². The average Bonchev–Trinajstić information content (AvgIpc) is 2.19. The number of carbonyl (C=O) groups excluding carboxylic acids is 1. The molecule has 0 heterocycles. The van der Waals surface area contributed by atoms with E-state index < -0.39 is 5.97 Å². The van der Waals surface area contributed by atoms with Crippen LogP contribution in [0.3, 0.4) is 0 Å². The van der Waals surface area contributed by atoms with Gasteiger partial charge in [0.05, 0.1) is 7.11 Å². The Balaban J connectivity index is 0.000000226. The first kappa shape index (κ1) is 11.2. The van der Waals surface area contributed by atoms with Gasteiger partial charge in [0.15, 0.2) is 0 Å². The Morgan fingerprint density at radius 1 is 1.46 bits per heavy atom. The topological polar surface area (TPSA) is 46.5 Å². The van der Waals surface area contributed by atoms with E-state index in [9.17, 15) is 4.79 Å². The molecule has 0 bridgehead atoms. The summed E-state index contributed by atoms with van der Waals surface area (Å²) in [6, 6.07) is 8.71. The molecule has 0 aliphatic rings. The molecule has 0 aromatic heterocycles. The molecular formula is C10H12O3. The Morgan fingerprint density at radius 3 is 2.15 bits per heavy atom. The number of methoxy groups -OCH3 is 1. The summed E-state index contributed by atoms with van der Waals surface area (Å²) in [4.78, 5) is 9.84. The van der Waals surface area contributed by atoms with E-state index in [1.165, 1.54) is 7.11 Å². The summed E-state index contributed by atoms with van der Waals surface area (Å²) < 4.78 is 4.14. The fraction of sp³-hybridized carbons (Fsp3) is 0.100. The van der Waals surface area contributed by atoms with Crippen LogP contribution in [0.1, 0.15) is 0 Å². The maximum Gasteiger partial charge on any atom is 0.329 e. The van der Waals surface area contributed by atoms with Gasteiger partial charge in [-0.15, -0.1) is 0 Å². The van der Waals surface area contributed by atoms with Crippen molar-refractivity contribution >= 4 is 5.97 Å². The first-order chi connectivity index (χ1) is 6.20. The lowest BCUT2D eigenvalue weighted by Gasteiger charge is -1.83. The highest BCUT2D eigenvalue weighted by Crippen LogP contribution is 2.02. The van der Waals surface area contributed by atoms with E-state index in [1.807, 2.05) is 6.07 Å². The number of hydrogen-bond donors (Lipinski definition) is 1. The number of rotatable bonds is 1. The molecule has 0 aliphatic carbocycles. The molecule has 0 fully saturated rings. The number of ether oxygens (including phenoxy) is 1. The molecule has 3 heteroatoms. The summed E-state index contributed by atoms with van der Waals surface area (Å²) in [5, 5.41) is 8.63. The molecule has 0 spiro atoms. The number of para-hydroxylation sites is 1. The molecule has 0 atom stereocenters. The Kier molecular flexibility index (Phi) is 5.97. The highest BCUT2D eigenvalue weighted by molar-refractivity contribution is 5.80. The molecule has 3 nitrogen and oxygen atoms in total. The van der Waals surface area contributed by atoms with E-state index in [-0.39, 0.29) is 0 Å². The number of aromatic hydroxyl groups is 1. The van der Waals surface area contributed by atoms with E-state index in [2.05, 4.69) is 11.3 Å². The molecule has 1 N–H and O–H groups in total. The van der Waals surface area contributed by atoms with Gasteiger partial charge in [0.1, 0.15) is 5.75 Å². The molecule has 0 radical (unpaired) electrons. The van der Waals surface area contributed by atoms with Crippen molar-refractivity contribution in [2.75, 3.05) is 7.11 Å². The minimum atomic E-state index is -0.394. The lowest BCUT2D eigenvalue weighted by molar-refractivity contribution is -0.134. The summed E-state index contributed by atoms with van der Waals surface area (Å²) in [7, 11) is 1.31. The third kappa shape index (κ3) is 6.62. The fourth-order valence-electron chi connectivity index (χ4n) is 0.511. The van der Waals surface area contributed by atoms with Crippen LogP contribution in [0.4, 0.5) is 0 Å². The third-order valence-corrected chi connectivity index (χ3v) is 1.12. The van der Waals surface area contributed by atoms with E-state index in [0.717, 1.165) is 6.08 Å². The van der Waals surface area contributed by atoms with Crippen LogP contribution in [0.2, 0.25) is 0 Å².